The summed E-state index contributed by atoms with van der Waals surface area (Å²) < 4.78 is 29.0. The van der Waals surface area contributed by atoms with Crippen LogP contribution >= 0.6 is 0 Å². The van der Waals surface area contributed by atoms with Gasteiger partial charge in [-0.15, -0.1) is 0 Å². The number of hydrogen-bond donors (Lipinski definition) is 0. The van der Waals surface area contributed by atoms with E-state index in [1.165, 1.54) is 37.5 Å². The second kappa shape index (κ2) is 5.24. The minimum absolute atomic E-state index is 0.0676. The van der Waals surface area contributed by atoms with E-state index in [1.807, 2.05) is 0 Å². The van der Waals surface area contributed by atoms with Crippen LogP contribution in [-0.2, 0) is 9.53 Å². The number of carbonyl (C=O) groups is 1. The average molecular weight is 212 g/mol. The van der Waals surface area contributed by atoms with Crippen molar-refractivity contribution in [3.05, 3.63) is 41.5 Å². The monoisotopic (exact) mass is 212 g/mol. The third kappa shape index (κ3) is 3.50. The Morgan fingerprint density at radius 2 is 2.20 bits per heavy atom. The highest BCUT2D eigenvalue weighted by atomic mass is 19.3. The van der Waals surface area contributed by atoms with Gasteiger partial charge in [0.05, 0.1) is 7.11 Å². The van der Waals surface area contributed by atoms with E-state index in [0.717, 1.165) is 0 Å². The van der Waals surface area contributed by atoms with Crippen molar-refractivity contribution in [2.24, 2.45) is 0 Å². The highest BCUT2D eigenvalue weighted by molar-refractivity contribution is 5.86. The first kappa shape index (κ1) is 11.4. The Morgan fingerprint density at radius 3 is 2.80 bits per heavy atom. The lowest BCUT2D eigenvalue weighted by molar-refractivity contribution is -0.134. The molecule has 1 aromatic rings. The fourth-order valence-electron chi connectivity index (χ4n) is 1.03. The van der Waals surface area contributed by atoms with Crippen LogP contribution in [0.25, 0.3) is 6.08 Å². The van der Waals surface area contributed by atoms with Crippen molar-refractivity contribution >= 4 is 12.0 Å². The molecule has 2 nitrogen and oxygen atoms in total. The van der Waals surface area contributed by atoms with Gasteiger partial charge in [-0.2, -0.15) is 0 Å². The highest BCUT2D eigenvalue weighted by Crippen LogP contribution is 2.19. The Morgan fingerprint density at radius 1 is 1.47 bits per heavy atom. The van der Waals surface area contributed by atoms with Crippen LogP contribution in [0.2, 0.25) is 0 Å². The number of alkyl halides is 2. The molecule has 0 N–H and O–H groups in total. The molecule has 0 amide bonds. The first-order valence-corrected chi connectivity index (χ1v) is 4.27. The lowest BCUT2D eigenvalue weighted by Gasteiger charge is -2.00. The predicted octanol–water partition coefficient (Wildman–Crippen LogP) is 2.81. The number of rotatable bonds is 3. The van der Waals surface area contributed by atoms with Gasteiger partial charge in [-0.3, -0.25) is 0 Å². The molecule has 0 atom stereocenters. The van der Waals surface area contributed by atoms with E-state index in [2.05, 4.69) is 4.74 Å². The normalized spacial score (nSPS) is 10.9. The Bertz CT molecular complexity index is 373. The Labute approximate surface area is 86.2 Å². The van der Waals surface area contributed by atoms with E-state index in [1.54, 1.807) is 6.07 Å². The molecule has 0 aliphatic carbocycles. The van der Waals surface area contributed by atoms with Gasteiger partial charge in [0.25, 0.3) is 6.43 Å². The Balaban J connectivity index is 2.82. The van der Waals surface area contributed by atoms with E-state index in [4.69, 9.17) is 0 Å². The summed E-state index contributed by atoms with van der Waals surface area (Å²) in [5, 5.41) is 0. The van der Waals surface area contributed by atoms with Crippen LogP contribution in [0.3, 0.4) is 0 Å². The SMILES string of the molecule is COC(=O)C=Cc1cccc(C(F)F)c1. The van der Waals surface area contributed by atoms with Crippen LogP contribution in [0, 0.1) is 0 Å². The predicted molar refractivity (Wildman–Crippen MR) is 52.4 cm³/mol. The quantitative estimate of drug-likeness (QED) is 0.568. The number of esters is 1. The Kier molecular flexibility index (Phi) is 3.97. The lowest BCUT2D eigenvalue weighted by atomic mass is 10.1. The maximum absolute atomic E-state index is 12.3. The molecule has 0 aliphatic heterocycles. The van der Waals surface area contributed by atoms with Crippen LogP contribution in [0.15, 0.2) is 30.3 Å². The summed E-state index contributed by atoms with van der Waals surface area (Å²) in [5.41, 5.74) is 0.472. The van der Waals surface area contributed by atoms with Crippen molar-refractivity contribution < 1.29 is 18.3 Å². The first-order chi connectivity index (χ1) is 7.13. The van der Waals surface area contributed by atoms with E-state index < -0.39 is 12.4 Å². The van der Waals surface area contributed by atoms with Crippen LogP contribution < -0.4 is 0 Å². The summed E-state index contributed by atoms with van der Waals surface area (Å²) in [6.07, 6.45) is 0.110. The third-order valence-corrected chi connectivity index (χ3v) is 1.78. The maximum atomic E-state index is 12.3. The number of methoxy groups -OCH3 is 1. The number of hydrogen-bond acceptors (Lipinski definition) is 2. The van der Waals surface area contributed by atoms with Crippen molar-refractivity contribution in [2.45, 2.75) is 6.43 Å². The van der Waals surface area contributed by atoms with Gasteiger partial charge < -0.3 is 4.74 Å². The molecule has 1 rings (SSSR count). The van der Waals surface area contributed by atoms with Gasteiger partial charge in [-0.25, -0.2) is 13.6 Å². The molecule has 0 radical (unpaired) electrons. The van der Waals surface area contributed by atoms with E-state index >= 15 is 0 Å². The number of ether oxygens (including phenoxy) is 1. The van der Waals surface area contributed by atoms with Crippen LogP contribution in [0.1, 0.15) is 17.6 Å². The summed E-state index contributed by atoms with van der Waals surface area (Å²) in [7, 11) is 1.25. The highest BCUT2D eigenvalue weighted by Gasteiger charge is 2.05. The van der Waals surface area contributed by atoms with Gasteiger partial charge in [0.1, 0.15) is 0 Å². The van der Waals surface area contributed by atoms with Crippen molar-refractivity contribution in [1.29, 1.82) is 0 Å². The van der Waals surface area contributed by atoms with Gasteiger partial charge >= 0.3 is 5.97 Å². The summed E-state index contributed by atoms with van der Waals surface area (Å²) in [4.78, 5) is 10.7. The number of benzene rings is 1. The van der Waals surface area contributed by atoms with Crippen LogP contribution in [0.5, 0.6) is 0 Å². The van der Waals surface area contributed by atoms with Gasteiger partial charge in [-0.05, 0) is 17.7 Å². The molecule has 80 valence electrons. The lowest BCUT2D eigenvalue weighted by Crippen LogP contribution is -1.93. The second-order valence-corrected chi connectivity index (χ2v) is 2.83. The van der Waals surface area contributed by atoms with Crippen molar-refractivity contribution in [1.82, 2.24) is 0 Å². The topological polar surface area (TPSA) is 26.3 Å². The van der Waals surface area contributed by atoms with E-state index in [9.17, 15) is 13.6 Å². The zero-order valence-electron chi connectivity index (χ0n) is 8.11. The molecular formula is C11H10F2O2. The summed E-state index contributed by atoms with van der Waals surface area (Å²) in [6.45, 7) is 0. The molecule has 1 aromatic carbocycles. The van der Waals surface area contributed by atoms with Crippen molar-refractivity contribution in [2.75, 3.05) is 7.11 Å². The average Bonchev–Trinajstić information content (AvgIpc) is 2.26. The fraction of sp³-hybridized carbons (Fsp3) is 0.182. The largest absolute Gasteiger partial charge is 0.466 e. The smallest absolute Gasteiger partial charge is 0.330 e. The van der Waals surface area contributed by atoms with Gasteiger partial charge in [0.2, 0.25) is 0 Å². The molecule has 0 bridgehead atoms. The molecule has 15 heavy (non-hydrogen) atoms. The van der Waals surface area contributed by atoms with Crippen molar-refractivity contribution in [3.63, 3.8) is 0 Å². The van der Waals surface area contributed by atoms with Gasteiger partial charge in [0, 0.05) is 11.6 Å². The molecule has 0 aromatic heterocycles. The zero-order chi connectivity index (χ0) is 11.3. The third-order valence-electron chi connectivity index (χ3n) is 1.78. The minimum atomic E-state index is -2.50. The Hall–Kier alpha value is -1.71. The molecule has 0 unspecified atom stereocenters. The van der Waals surface area contributed by atoms with Crippen molar-refractivity contribution in [3.8, 4) is 0 Å². The molecular weight excluding hydrogens is 202 g/mol. The van der Waals surface area contributed by atoms with Gasteiger partial charge in [-0.1, -0.05) is 18.2 Å². The molecule has 0 fully saturated rings. The minimum Gasteiger partial charge on any atom is -0.466 e. The van der Waals surface area contributed by atoms with E-state index in [0.29, 0.717) is 5.56 Å². The molecule has 0 aliphatic rings. The standard InChI is InChI=1S/C11H10F2O2/c1-15-10(14)6-5-8-3-2-4-9(7-8)11(12)13/h2-7,11H,1H3. The molecule has 0 spiro atoms. The maximum Gasteiger partial charge on any atom is 0.330 e. The van der Waals surface area contributed by atoms with Crippen LogP contribution in [0.4, 0.5) is 8.78 Å². The first-order valence-electron chi connectivity index (χ1n) is 4.27. The summed E-state index contributed by atoms with van der Waals surface area (Å²) in [5.74, 6) is -0.516. The number of carbonyl (C=O) groups excluding carboxylic acids is 1. The summed E-state index contributed by atoms with van der Waals surface area (Å²) >= 11 is 0. The van der Waals surface area contributed by atoms with Gasteiger partial charge in [0.15, 0.2) is 0 Å². The molecule has 4 heteroatoms. The molecule has 0 saturated carbocycles. The number of halogens is 2. The second-order valence-electron chi connectivity index (χ2n) is 2.83. The van der Waals surface area contributed by atoms with E-state index in [-0.39, 0.29) is 5.56 Å². The summed E-state index contributed by atoms with van der Waals surface area (Å²) in [6, 6.07) is 5.80. The zero-order valence-corrected chi connectivity index (χ0v) is 8.11. The van der Waals surface area contributed by atoms with Crippen LogP contribution in [-0.4, -0.2) is 13.1 Å². The molecule has 0 saturated heterocycles. The fourth-order valence-corrected chi connectivity index (χ4v) is 1.03. The molecule has 0 heterocycles.